The van der Waals surface area contributed by atoms with Gasteiger partial charge in [-0.2, -0.15) is 0 Å². The number of nitrogens with one attached hydrogen (secondary N) is 1. The molecule has 0 aromatic carbocycles. The van der Waals surface area contributed by atoms with E-state index in [2.05, 4.69) is 10.3 Å². The van der Waals surface area contributed by atoms with Crippen LogP contribution in [0.25, 0.3) is 0 Å². The van der Waals surface area contributed by atoms with Gasteiger partial charge in [-0.1, -0.05) is 0 Å². The average Bonchev–Trinajstić information content (AvgIpc) is 3.01. The van der Waals surface area contributed by atoms with Gasteiger partial charge in [-0.3, -0.25) is 4.79 Å². The molecule has 1 fully saturated rings. The minimum absolute atomic E-state index is 0.0741. The Morgan fingerprint density at radius 2 is 2.18 bits per heavy atom. The van der Waals surface area contributed by atoms with E-state index in [-0.39, 0.29) is 25.1 Å². The van der Waals surface area contributed by atoms with Gasteiger partial charge in [0.15, 0.2) is 5.13 Å². The van der Waals surface area contributed by atoms with Gasteiger partial charge in [-0.05, 0) is 12.8 Å². The molecule has 122 valence electrons. The first-order valence-corrected chi connectivity index (χ1v) is 7.97. The van der Waals surface area contributed by atoms with Crippen molar-refractivity contribution in [1.29, 1.82) is 0 Å². The molecule has 3 N–H and O–H groups in total. The molecule has 2 rings (SSSR count). The minimum Gasteiger partial charge on any atom is -0.465 e. The van der Waals surface area contributed by atoms with Crippen LogP contribution < -0.4 is 5.32 Å². The van der Waals surface area contributed by atoms with Gasteiger partial charge in [0.2, 0.25) is 0 Å². The molecule has 0 bridgehead atoms. The summed E-state index contributed by atoms with van der Waals surface area (Å²) < 4.78 is 0. The number of hydrogen-bond donors (Lipinski definition) is 3. The SMILES string of the molecule is CNc1nc(C(=O)N(CCO)C2CCN(C(=O)O)CC2)cs1. The van der Waals surface area contributed by atoms with Crippen LogP contribution in [0.15, 0.2) is 5.38 Å². The first-order valence-electron chi connectivity index (χ1n) is 7.09. The first kappa shape index (κ1) is 16.5. The summed E-state index contributed by atoms with van der Waals surface area (Å²) >= 11 is 1.35. The number of hydrogen-bond acceptors (Lipinski definition) is 6. The van der Waals surface area contributed by atoms with Gasteiger partial charge in [0, 0.05) is 38.1 Å². The number of likely N-dealkylation sites (tertiary alicyclic amines) is 1. The molecule has 1 aromatic heterocycles. The number of rotatable bonds is 5. The predicted octanol–water partition coefficient (Wildman–Crippen LogP) is 0.762. The number of piperidine rings is 1. The molecule has 0 spiro atoms. The highest BCUT2D eigenvalue weighted by molar-refractivity contribution is 7.13. The molecule has 2 amide bonds. The van der Waals surface area contributed by atoms with Crippen molar-refractivity contribution in [3.63, 3.8) is 0 Å². The van der Waals surface area contributed by atoms with Crippen LogP contribution in [0.3, 0.4) is 0 Å². The highest BCUT2D eigenvalue weighted by atomic mass is 32.1. The molecule has 2 heterocycles. The summed E-state index contributed by atoms with van der Waals surface area (Å²) in [5.74, 6) is -0.222. The van der Waals surface area contributed by atoms with Crippen LogP contribution in [0.2, 0.25) is 0 Å². The van der Waals surface area contributed by atoms with Crippen molar-refractivity contribution >= 4 is 28.5 Å². The van der Waals surface area contributed by atoms with Gasteiger partial charge in [-0.15, -0.1) is 11.3 Å². The summed E-state index contributed by atoms with van der Waals surface area (Å²) in [4.78, 5) is 30.7. The topological polar surface area (TPSA) is 106 Å². The predicted molar refractivity (Wildman–Crippen MR) is 82.4 cm³/mol. The van der Waals surface area contributed by atoms with Crippen LogP contribution in [0.4, 0.5) is 9.93 Å². The van der Waals surface area contributed by atoms with Crippen molar-refractivity contribution in [2.45, 2.75) is 18.9 Å². The number of anilines is 1. The number of carbonyl (C=O) groups excluding carboxylic acids is 1. The van der Waals surface area contributed by atoms with Gasteiger partial charge >= 0.3 is 6.09 Å². The van der Waals surface area contributed by atoms with Gasteiger partial charge in [0.1, 0.15) is 5.69 Å². The Morgan fingerprint density at radius 3 is 2.68 bits per heavy atom. The van der Waals surface area contributed by atoms with E-state index in [1.54, 1.807) is 17.3 Å². The van der Waals surface area contributed by atoms with Crippen LogP contribution in [0.1, 0.15) is 23.3 Å². The lowest BCUT2D eigenvalue weighted by Crippen LogP contribution is -2.49. The van der Waals surface area contributed by atoms with Crippen molar-refractivity contribution in [2.75, 3.05) is 38.6 Å². The van der Waals surface area contributed by atoms with E-state index in [0.717, 1.165) is 0 Å². The largest absolute Gasteiger partial charge is 0.465 e. The molecule has 8 nitrogen and oxygen atoms in total. The van der Waals surface area contributed by atoms with E-state index in [4.69, 9.17) is 5.11 Å². The third-order valence-corrected chi connectivity index (χ3v) is 4.57. The number of carboxylic acid groups (broad SMARTS) is 1. The van der Waals surface area contributed by atoms with Crippen molar-refractivity contribution < 1.29 is 19.8 Å². The van der Waals surface area contributed by atoms with Crippen LogP contribution in [0, 0.1) is 0 Å². The van der Waals surface area contributed by atoms with E-state index in [1.807, 2.05) is 0 Å². The summed E-state index contributed by atoms with van der Waals surface area (Å²) in [6.45, 7) is 0.888. The van der Waals surface area contributed by atoms with Crippen molar-refractivity contribution in [1.82, 2.24) is 14.8 Å². The Bertz CT molecular complexity index is 528. The zero-order valence-corrected chi connectivity index (χ0v) is 13.2. The number of carbonyl (C=O) groups is 2. The molecule has 0 radical (unpaired) electrons. The highest BCUT2D eigenvalue weighted by Crippen LogP contribution is 2.21. The molecule has 9 heteroatoms. The number of aliphatic hydroxyl groups excluding tert-OH is 1. The lowest BCUT2D eigenvalue weighted by molar-refractivity contribution is 0.0517. The monoisotopic (exact) mass is 328 g/mol. The molecule has 0 saturated carbocycles. The smallest absolute Gasteiger partial charge is 0.407 e. The molecular formula is C13H20N4O4S. The molecule has 1 saturated heterocycles. The van der Waals surface area contributed by atoms with Crippen molar-refractivity contribution in [3.8, 4) is 0 Å². The zero-order chi connectivity index (χ0) is 16.1. The lowest BCUT2D eigenvalue weighted by atomic mass is 10.0. The number of aromatic nitrogens is 1. The second-order valence-electron chi connectivity index (χ2n) is 5.01. The minimum atomic E-state index is -0.934. The van der Waals surface area contributed by atoms with Gasteiger partial charge < -0.3 is 25.3 Å². The fraction of sp³-hybridized carbons (Fsp3) is 0.615. The highest BCUT2D eigenvalue weighted by Gasteiger charge is 2.30. The number of thiazole rings is 1. The van der Waals surface area contributed by atoms with E-state index in [1.165, 1.54) is 16.2 Å². The van der Waals surface area contributed by atoms with Gasteiger partial charge in [-0.25, -0.2) is 9.78 Å². The van der Waals surface area contributed by atoms with Crippen molar-refractivity contribution in [3.05, 3.63) is 11.1 Å². The van der Waals surface area contributed by atoms with E-state index >= 15 is 0 Å². The molecule has 1 aliphatic heterocycles. The molecule has 0 aliphatic carbocycles. The first-order chi connectivity index (χ1) is 10.6. The average molecular weight is 328 g/mol. The molecule has 0 unspecified atom stereocenters. The van der Waals surface area contributed by atoms with Crippen LogP contribution in [-0.4, -0.2) is 76.3 Å². The Hall–Kier alpha value is -1.87. The maximum absolute atomic E-state index is 12.6. The normalized spacial score (nSPS) is 15.6. The Balaban J connectivity index is 2.06. The second kappa shape index (κ2) is 7.41. The zero-order valence-electron chi connectivity index (χ0n) is 12.4. The summed E-state index contributed by atoms with van der Waals surface area (Å²) in [5.41, 5.74) is 0.350. The third kappa shape index (κ3) is 3.66. The summed E-state index contributed by atoms with van der Waals surface area (Å²) in [5, 5.41) is 23.4. The van der Waals surface area contributed by atoms with E-state index < -0.39 is 6.09 Å². The van der Waals surface area contributed by atoms with E-state index in [9.17, 15) is 14.7 Å². The van der Waals surface area contributed by atoms with E-state index in [0.29, 0.717) is 36.8 Å². The maximum Gasteiger partial charge on any atom is 0.407 e. The quantitative estimate of drug-likeness (QED) is 0.737. The van der Waals surface area contributed by atoms with Crippen LogP contribution in [0.5, 0.6) is 0 Å². The molecular weight excluding hydrogens is 308 g/mol. The summed E-state index contributed by atoms with van der Waals surface area (Å²) in [6, 6.07) is -0.0741. The number of nitrogens with zero attached hydrogens (tertiary/aromatic N) is 3. The molecule has 22 heavy (non-hydrogen) atoms. The fourth-order valence-electron chi connectivity index (χ4n) is 2.56. The van der Waals surface area contributed by atoms with Gasteiger partial charge in [0.05, 0.1) is 6.61 Å². The standard InChI is InChI=1S/C13H20N4O4S/c1-14-12-15-10(8-22-12)11(19)17(6-7-18)9-2-4-16(5-3-9)13(20)21/h8-9,18H,2-7H2,1H3,(H,14,15)(H,20,21). The van der Waals surface area contributed by atoms with Crippen LogP contribution >= 0.6 is 11.3 Å². The number of aliphatic hydroxyl groups is 1. The number of amides is 2. The summed E-state index contributed by atoms with van der Waals surface area (Å²) in [6.07, 6.45) is 0.207. The Morgan fingerprint density at radius 1 is 1.50 bits per heavy atom. The Labute approximate surface area is 132 Å². The van der Waals surface area contributed by atoms with Gasteiger partial charge in [0.25, 0.3) is 5.91 Å². The maximum atomic E-state index is 12.6. The molecule has 1 aromatic rings. The molecule has 1 aliphatic rings. The fourth-order valence-corrected chi connectivity index (χ4v) is 3.21. The van der Waals surface area contributed by atoms with Crippen LogP contribution in [-0.2, 0) is 0 Å². The molecule has 0 atom stereocenters. The third-order valence-electron chi connectivity index (χ3n) is 3.71. The lowest BCUT2D eigenvalue weighted by Gasteiger charge is -2.37. The Kier molecular flexibility index (Phi) is 5.56. The van der Waals surface area contributed by atoms with Crippen molar-refractivity contribution in [2.24, 2.45) is 0 Å². The summed E-state index contributed by atoms with van der Waals surface area (Å²) in [7, 11) is 1.74. The second-order valence-corrected chi connectivity index (χ2v) is 5.87.